The summed E-state index contributed by atoms with van der Waals surface area (Å²) in [5, 5.41) is 0. The molecule has 0 aliphatic carbocycles. The van der Waals surface area contributed by atoms with Crippen molar-refractivity contribution >= 4 is 11.6 Å². The summed E-state index contributed by atoms with van der Waals surface area (Å²) in [6, 6.07) is 2.47. The molecule has 3 rings (SSSR count). The third-order valence-corrected chi connectivity index (χ3v) is 4.59. The minimum atomic E-state index is -4.41. The van der Waals surface area contributed by atoms with E-state index in [2.05, 4.69) is 9.88 Å². The van der Waals surface area contributed by atoms with Crippen LogP contribution >= 0.6 is 0 Å². The van der Waals surface area contributed by atoms with Crippen LogP contribution in [-0.4, -0.2) is 66.5 Å². The molecule has 0 N–H and O–H groups in total. The number of pyridine rings is 1. The number of likely N-dealkylation sites (tertiary alicyclic amines) is 1. The first-order valence-electron chi connectivity index (χ1n) is 8.22. The Morgan fingerprint density at radius 3 is 2.25 bits per heavy atom. The van der Waals surface area contributed by atoms with Crippen molar-refractivity contribution in [1.82, 2.24) is 14.8 Å². The lowest BCUT2D eigenvalue weighted by atomic mass is 10.2. The van der Waals surface area contributed by atoms with Gasteiger partial charge in [-0.25, -0.2) is 4.98 Å². The van der Waals surface area contributed by atoms with E-state index < -0.39 is 11.9 Å². The molecule has 0 saturated carbocycles. The fourth-order valence-electron chi connectivity index (χ4n) is 3.16. The van der Waals surface area contributed by atoms with E-state index in [-0.39, 0.29) is 5.91 Å². The lowest BCUT2D eigenvalue weighted by Gasteiger charge is -2.36. The average Bonchev–Trinajstić information content (AvgIpc) is 3.09. The van der Waals surface area contributed by atoms with E-state index in [1.165, 1.54) is 12.3 Å². The van der Waals surface area contributed by atoms with Gasteiger partial charge in [0.1, 0.15) is 5.69 Å². The molecule has 0 bridgehead atoms. The predicted octanol–water partition coefficient (Wildman–Crippen LogP) is 1.84. The average molecular weight is 342 g/mol. The highest BCUT2D eigenvalue weighted by atomic mass is 19.4. The first-order chi connectivity index (χ1) is 11.4. The zero-order valence-corrected chi connectivity index (χ0v) is 13.4. The number of alkyl halides is 3. The van der Waals surface area contributed by atoms with Crippen LogP contribution in [-0.2, 0) is 11.0 Å². The molecule has 1 amide bonds. The maximum atomic E-state index is 12.5. The van der Waals surface area contributed by atoms with E-state index in [4.69, 9.17) is 0 Å². The van der Waals surface area contributed by atoms with E-state index in [0.29, 0.717) is 25.3 Å². The fourth-order valence-corrected chi connectivity index (χ4v) is 3.16. The second kappa shape index (κ2) is 6.96. The van der Waals surface area contributed by atoms with Crippen LogP contribution < -0.4 is 4.90 Å². The standard InChI is InChI=1S/C16H21F3N4O/c17-16(18,19)14-4-3-13(11-20-14)22-9-7-21(8-10-22)12-15(24)23-5-1-2-6-23/h3-4,11H,1-2,5-10,12H2. The molecule has 2 saturated heterocycles. The van der Waals surface area contributed by atoms with Crippen molar-refractivity contribution in [3.8, 4) is 0 Å². The summed E-state index contributed by atoms with van der Waals surface area (Å²) in [4.78, 5) is 21.7. The number of anilines is 1. The van der Waals surface area contributed by atoms with Crippen LogP contribution in [0.5, 0.6) is 0 Å². The molecule has 2 aliphatic rings. The van der Waals surface area contributed by atoms with Crippen molar-refractivity contribution in [2.24, 2.45) is 0 Å². The Labute approximate surface area is 139 Å². The number of hydrogen-bond acceptors (Lipinski definition) is 4. The number of rotatable bonds is 3. The van der Waals surface area contributed by atoms with Crippen molar-refractivity contribution < 1.29 is 18.0 Å². The van der Waals surface area contributed by atoms with E-state index in [1.54, 1.807) is 0 Å². The monoisotopic (exact) mass is 342 g/mol. The van der Waals surface area contributed by atoms with Gasteiger partial charge in [0.05, 0.1) is 18.4 Å². The van der Waals surface area contributed by atoms with E-state index in [1.807, 2.05) is 9.80 Å². The smallest absolute Gasteiger partial charge is 0.368 e. The summed E-state index contributed by atoms with van der Waals surface area (Å²) in [5.41, 5.74) is -0.186. The predicted molar refractivity (Wildman–Crippen MR) is 83.7 cm³/mol. The number of carbonyl (C=O) groups is 1. The van der Waals surface area contributed by atoms with Gasteiger partial charge in [0, 0.05) is 39.3 Å². The van der Waals surface area contributed by atoms with Crippen LogP contribution in [0, 0.1) is 0 Å². The maximum Gasteiger partial charge on any atom is 0.433 e. The maximum absolute atomic E-state index is 12.5. The van der Waals surface area contributed by atoms with Crippen LogP contribution in [0.2, 0.25) is 0 Å². The van der Waals surface area contributed by atoms with Crippen molar-refractivity contribution in [3.63, 3.8) is 0 Å². The third-order valence-electron chi connectivity index (χ3n) is 4.59. The summed E-state index contributed by atoms with van der Waals surface area (Å²) < 4.78 is 37.6. The van der Waals surface area contributed by atoms with Gasteiger partial charge in [0.2, 0.25) is 5.91 Å². The van der Waals surface area contributed by atoms with Crippen LogP contribution in [0.3, 0.4) is 0 Å². The van der Waals surface area contributed by atoms with Crippen molar-refractivity contribution in [1.29, 1.82) is 0 Å². The van der Waals surface area contributed by atoms with Gasteiger partial charge in [-0.2, -0.15) is 13.2 Å². The molecule has 3 heterocycles. The first kappa shape index (κ1) is 17.0. The van der Waals surface area contributed by atoms with Crippen LogP contribution in [0.4, 0.5) is 18.9 Å². The van der Waals surface area contributed by atoms with E-state index >= 15 is 0 Å². The van der Waals surface area contributed by atoms with Crippen LogP contribution in [0.1, 0.15) is 18.5 Å². The minimum Gasteiger partial charge on any atom is -0.368 e. The highest BCUT2D eigenvalue weighted by Crippen LogP contribution is 2.28. The second-order valence-corrected chi connectivity index (χ2v) is 6.25. The molecular weight excluding hydrogens is 321 g/mol. The molecule has 132 valence electrons. The molecule has 1 aromatic heterocycles. The Bertz CT molecular complexity index is 562. The molecule has 0 atom stereocenters. The number of piperazine rings is 1. The van der Waals surface area contributed by atoms with Crippen LogP contribution in [0.25, 0.3) is 0 Å². The molecule has 0 spiro atoms. The molecule has 1 aromatic rings. The Morgan fingerprint density at radius 2 is 1.71 bits per heavy atom. The fraction of sp³-hybridized carbons (Fsp3) is 0.625. The third kappa shape index (κ3) is 3.98. The van der Waals surface area contributed by atoms with Crippen molar-refractivity contribution in [2.45, 2.75) is 19.0 Å². The Kier molecular flexibility index (Phi) is 4.93. The van der Waals surface area contributed by atoms with Gasteiger partial charge in [-0.3, -0.25) is 9.69 Å². The molecule has 24 heavy (non-hydrogen) atoms. The Hall–Kier alpha value is -1.83. The summed E-state index contributed by atoms with van der Waals surface area (Å²) >= 11 is 0. The van der Waals surface area contributed by atoms with E-state index in [9.17, 15) is 18.0 Å². The molecule has 0 unspecified atom stereocenters. The lowest BCUT2D eigenvalue weighted by molar-refractivity contribution is -0.141. The number of hydrogen-bond donors (Lipinski definition) is 0. The number of carbonyl (C=O) groups excluding carboxylic acids is 1. The number of halogens is 3. The molecule has 5 nitrogen and oxygen atoms in total. The van der Waals surface area contributed by atoms with Gasteiger partial charge in [-0.05, 0) is 25.0 Å². The second-order valence-electron chi connectivity index (χ2n) is 6.25. The highest BCUT2D eigenvalue weighted by Gasteiger charge is 2.32. The first-order valence-corrected chi connectivity index (χ1v) is 8.22. The van der Waals surface area contributed by atoms with Crippen LogP contribution in [0.15, 0.2) is 18.3 Å². The Balaban J connectivity index is 1.50. The lowest BCUT2D eigenvalue weighted by Crippen LogP contribution is -2.49. The summed E-state index contributed by atoms with van der Waals surface area (Å²) in [5.74, 6) is 0.178. The van der Waals surface area contributed by atoms with Gasteiger partial charge in [0.25, 0.3) is 0 Å². The molecular formula is C16H21F3N4O. The quantitative estimate of drug-likeness (QED) is 0.840. The normalized spacial score (nSPS) is 19.8. The van der Waals surface area contributed by atoms with Gasteiger partial charge >= 0.3 is 6.18 Å². The molecule has 0 aromatic carbocycles. The summed E-state index contributed by atoms with van der Waals surface area (Å²) in [6.45, 7) is 4.95. The number of aromatic nitrogens is 1. The minimum absolute atomic E-state index is 0.178. The summed E-state index contributed by atoms with van der Waals surface area (Å²) in [6.07, 6.45) is -0.970. The van der Waals surface area contributed by atoms with E-state index in [0.717, 1.165) is 45.1 Å². The van der Waals surface area contributed by atoms with Gasteiger partial charge in [-0.15, -0.1) is 0 Å². The van der Waals surface area contributed by atoms with Gasteiger partial charge in [0.15, 0.2) is 0 Å². The number of nitrogens with zero attached hydrogens (tertiary/aromatic N) is 4. The zero-order chi connectivity index (χ0) is 17.2. The topological polar surface area (TPSA) is 39.7 Å². The molecule has 0 radical (unpaired) electrons. The van der Waals surface area contributed by atoms with Crippen molar-refractivity contribution in [3.05, 3.63) is 24.0 Å². The molecule has 2 fully saturated rings. The summed E-state index contributed by atoms with van der Waals surface area (Å²) in [7, 11) is 0. The Morgan fingerprint density at radius 1 is 1.04 bits per heavy atom. The SMILES string of the molecule is O=C(CN1CCN(c2ccc(C(F)(F)F)nc2)CC1)N1CCCC1. The zero-order valence-electron chi connectivity index (χ0n) is 13.4. The highest BCUT2D eigenvalue weighted by molar-refractivity contribution is 5.78. The number of amides is 1. The van der Waals surface area contributed by atoms with Gasteiger partial charge in [-0.1, -0.05) is 0 Å². The molecule has 8 heteroatoms. The molecule has 2 aliphatic heterocycles. The van der Waals surface area contributed by atoms with Crippen molar-refractivity contribution in [2.75, 3.05) is 50.7 Å². The van der Waals surface area contributed by atoms with Gasteiger partial charge < -0.3 is 9.80 Å². The largest absolute Gasteiger partial charge is 0.433 e.